The van der Waals surface area contributed by atoms with Crippen molar-refractivity contribution in [2.45, 2.75) is 71.9 Å². The zero-order chi connectivity index (χ0) is 19.4. The van der Waals surface area contributed by atoms with Gasteiger partial charge in [-0.3, -0.25) is 4.90 Å². The van der Waals surface area contributed by atoms with Gasteiger partial charge in [-0.2, -0.15) is 0 Å². The fourth-order valence-corrected chi connectivity index (χ4v) is 4.04. The van der Waals surface area contributed by atoms with Crippen molar-refractivity contribution in [1.82, 2.24) is 4.90 Å². The van der Waals surface area contributed by atoms with Crippen molar-refractivity contribution in [2.75, 3.05) is 14.2 Å². The van der Waals surface area contributed by atoms with Gasteiger partial charge in [0.1, 0.15) is 5.75 Å². The molecule has 2 nitrogen and oxygen atoms in total. The van der Waals surface area contributed by atoms with E-state index in [4.69, 9.17) is 4.74 Å². The fourth-order valence-electron chi connectivity index (χ4n) is 4.04. The maximum Gasteiger partial charge on any atom is 0.126 e. The summed E-state index contributed by atoms with van der Waals surface area (Å²) in [6.07, 6.45) is 7.15. The molecule has 0 N–H and O–H groups in total. The average Bonchev–Trinajstić information content (AvgIpc) is 3.53. The second kappa shape index (κ2) is 8.93. The maximum absolute atomic E-state index is 5.80. The van der Waals surface area contributed by atoms with Crippen LogP contribution in [0.3, 0.4) is 0 Å². The third-order valence-corrected chi connectivity index (χ3v) is 5.88. The monoisotopic (exact) mass is 365 g/mol. The highest BCUT2D eigenvalue weighted by Gasteiger charge is 2.27. The largest absolute Gasteiger partial charge is 0.496 e. The molecular weight excluding hydrogens is 330 g/mol. The Morgan fingerprint density at radius 2 is 1.70 bits per heavy atom. The van der Waals surface area contributed by atoms with Gasteiger partial charge in [0, 0.05) is 18.2 Å². The van der Waals surface area contributed by atoms with E-state index in [1.54, 1.807) is 7.11 Å². The number of rotatable bonds is 9. The van der Waals surface area contributed by atoms with E-state index in [0.717, 1.165) is 37.6 Å². The van der Waals surface area contributed by atoms with Crippen LogP contribution >= 0.6 is 0 Å². The number of aryl methyl sites for hydroxylation is 3. The van der Waals surface area contributed by atoms with Gasteiger partial charge in [0.25, 0.3) is 0 Å². The molecule has 2 aromatic carbocycles. The summed E-state index contributed by atoms with van der Waals surface area (Å²) < 4.78 is 5.80. The molecular formula is C25H35NO. The SMILES string of the molecule is CCCc1cc(CN(C)C2CC2)c(-c2ccc(CC)cc2OC)cc1CC. The van der Waals surface area contributed by atoms with Crippen LogP contribution in [0.2, 0.25) is 0 Å². The minimum Gasteiger partial charge on any atom is -0.496 e. The maximum atomic E-state index is 5.80. The number of hydrogen-bond donors (Lipinski definition) is 0. The van der Waals surface area contributed by atoms with Crippen molar-refractivity contribution in [3.63, 3.8) is 0 Å². The summed E-state index contributed by atoms with van der Waals surface area (Å²) in [7, 11) is 4.06. The summed E-state index contributed by atoms with van der Waals surface area (Å²) in [6.45, 7) is 7.75. The van der Waals surface area contributed by atoms with Crippen LogP contribution in [-0.2, 0) is 25.8 Å². The number of benzene rings is 2. The van der Waals surface area contributed by atoms with Crippen molar-refractivity contribution in [1.29, 1.82) is 0 Å². The van der Waals surface area contributed by atoms with E-state index >= 15 is 0 Å². The van der Waals surface area contributed by atoms with Crippen molar-refractivity contribution < 1.29 is 4.74 Å². The van der Waals surface area contributed by atoms with E-state index in [-0.39, 0.29) is 0 Å². The Labute approximate surface area is 165 Å². The second-order valence-corrected chi connectivity index (χ2v) is 7.92. The molecule has 146 valence electrons. The van der Waals surface area contributed by atoms with Crippen LogP contribution < -0.4 is 4.74 Å². The molecule has 1 saturated carbocycles. The lowest BCUT2D eigenvalue weighted by atomic mass is 9.90. The first-order chi connectivity index (χ1) is 13.1. The Kier molecular flexibility index (Phi) is 6.59. The Morgan fingerprint density at radius 3 is 2.30 bits per heavy atom. The van der Waals surface area contributed by atoms with Gasteiger partial charge in [0.2, 0.25) is 0 Å². The summed E-state index contributed by atoms with van der Waals surface area (Å²) in [5.41, 5.74) is 8.34. The molecule has 0 spiro atoms. The molecule has 0 heterocycles. The summed E-state index contributed by atoms with van der Waals surface area (Å²) in [5.74, 6) is 0.995. The van der Waals surface area contributed by atoms with Crippen LogP contribution in [0, 0.1) is 0 Å². The minimum atomic E-state index is 0.766. The third kappa shape index (κ3) is 4.55. The van der Waals surface area contributed by atoms with Crippen LogP contribution in [0.15, 0.2) is 30.3 Å². The minimum absolute atomic E-state index is 0.766. The van der Waals surface area contributed by atoms with Crippen LogP contribution in [0.5, 0.6) is 5.75 Å². The fraction of sp³-hybridized carbons (Fsp3) is 0.520. The van der Waals surface area contributed by atoms with Crippen LogP contribution in [0.1, 0.15) is 62.3 Å². The van der Waals surface area contributed by atoms with Gasteiger partial charge in [-0.25, -0.2) is 0 Å². The van der Waals surface area contributed by atoms with E-state index < -0.39 is 0 Å². The molecule has 0 bridgehead atoms. The first-order valence-electron chi connectivity index (χ1n) is 10.6. The van der Waals surface area contributed by atoms with Gasteiger partial charge in [0.15, 0.2) is 0 Å². The second-order valence-electron chi connectivity index (χ2n) is 7.92. The predicted molar refractivity (Wildman–Crippen MR) is 116 cm³/mol. The first kappa shape index (κ1) is 19.9. The van der Waals surface area contributed by atoms with Gasteiger partial charge in [-0.15, -0.1) is 0 Å². The summed E-state index contributed by atoms with van der Waals surface area (Å²) in [5, 5.41) is 0. The molecule has 1 aliphatic rings. The number of hydrogen-bond acceptors (Lipinski definition) is 2. The standard InChI is InChI=1S/C25H35NO/c1-6-9-20-15-21(17-26(4)22-11-12-22)24(16-19(20)8-3)23-13-10-18(7-2)14-25(23)27-5/h10,13-16,22H,6-9,11-12,17H2,1-5H3. The first-order valence-corrected chi connectivity index (χ1v) is 10.6. The van der Waals surface area contributed by atoms with Gasteiger partial charge < -0.3 is 4.74 Å². The Bertz CT molecular complexity index is 776. The molecule has 3 rings (SSSR count). The van der Waals surface area contributed by atoms with Crippen LogP contribution in [-0.4, -0.2) is 25.1 Å². The molecule has 1 fully saturated rings. The molecule has 0 aromatic heterocycles. The molecule has 0 aliphatic heterocycles. The quantitative estimate of drug-likeness (QED) is 0.537. The normalized spacial score (nSPS) is 14.0. The highest BCUT2D eigenvalue weighted by atomic mass is 16.5. The van der Waals surface area contributed by atoms with Crippen molar-refractivity contribution in [2.24, 2.45) is 0 Å². The Balaban J connectivity index is 2.11. The predicted octanol–water partition coefficient (Wildman–Crippen LogP) is 6.03. The number of nitrogens with zero attached hydrogens (tertiary/aromatic N) is 1. The topological polar surface area (TPSA) is 12.5 Å². The average molecular weight is 366 g/mol. The van der Waals surface area contributed by atoms with Gasteiger partial charge in [-0.1, -0.05) is 51.5 Å². The lowest BCUT2D eigenvalue weighted by Gasteiger charge is -2.22. The van der Waals surface area contributed by atoms with E-state index in [1.165, 1.54) is 52.6 Å². The van der Waals surface area contributed by atoms with Gasteiger partial charge in [0.05, 0.1) is 7.11 Å². The zero-order valence-electron chi connectivity index (χ0n) is 17.8. The molecule has 0 saturated heterocycles. The van der Waals surface area contributed by atoms with Crippen molar-refractivity contribution in [3.8, 4) is 16.9 Å². The summed E-state index contributed by atoms with van der Waals surface area (Å²) in [6, 6.07) is 12.4. The lowest BCUT2D eigenvalue weighted by molar-refractivity contribution is 0.316. The Hall–Kier alpha value is -1.80. The molecule has 1 aliphatic carbocycles. The molecule has 0 atom stereocenters. The number of ether oxygens (including phenoxy) is 1. The van der Waals surface area contributed by atoms with E-state index in [9.17, 15) is 0 Å². The Morgan fingerprint density at radius 1 is 0.926 bits per heavy atom. The van der Waals surface area contributed by atoms with E-state index in [0.29, 0.717) is 0 Å². The molecule has 2 heteroatoms. The highest BCUT2D eigenvalue weighted by molar-refractivity contribution is 5.75. The molecule has 0 unspecified atom stereocenters. The van der Waals surface area contributed by atoms with Crippen molar-refractivity contribution >= 4 is 0 Å². The number of methoxy groups -OCH3 is 1. The zero-order valence-corrected chi connectivity index (χ0v) is 17.8. The van der Waals surface area contributed by atoms with Gasteiger partial charge in [-0.05, 0) is 73.0 Å². The molecule has 27 heavy (non-hydrogen) atoms. The van der Waals surface area contributed by atoms with Crippen LogP contribution in [0.4, 0.5) is 0 Å². The summed E-state index contributed by atoms with van der Waals surface area (Å²) >= 11 is 0. The smallest absolute Gasteiger partial charge is 0.126 e. The van der Waals surface area contributed by atoms with E-state index in [1.807, 2.05) is 0 Å². The summed E-state index contributed by atoms with van der Waals surface area (Å²) in [4.78, 5) is 2.52. The molecule has 0 amide bonds. The highest BCUT2D eigenvalue weighted by Crippen LogP contribution is 2.37. The molecule has 0 radical (unpaired) electrons. The van der Waals surface area contributed by atoms with Crippen molar-refractivity contribution in [3.05, 3.63) is 52.6 Å². The van der Waals surface area contributed by atoms with Gasteiger partial charge >= 0.3 is 0 Å². The van der Waals surface area contributed by atoms with E-state index in [2.05, 4.69) is 63.1 Å². The van der Waals surface area contributed by atoms with Crippen LogP contribution in [0.25, 0.3) is 11.1 Å². The third-order valence-electron chi connectivity index (χ3n) is 5.88. The lowest BCUT2D eigenvalue weighted by Crippen LogP contribution is -2.20. The molecule has 2 aromatic rings.